The van der Waals surface area contributed by atoms with Crippen LogP contribution in [0.5, 0.6) is 0 Å². The highest BCUT2D eigenvalue weighted by atomic mass is 35.5. The van der Waals surface area contributed by atoms with Crippen LogP contribution in [0.3, 0.4) is 0 Å². The summed E-state index contributed by atoms with van der Waals surface area (Å²) in [7, 11) is 1.72. The maximum absolute atomic E-state index is 12.7. The summed E-state index contributed by atoms with van der Waals surface area (Å²) in [6, 6.07) is 15.3. The van der Waals surface area contributed by atoms with Gasteiger partial charge < -0.3 is 9.80 Å². The highest BCUT2D eigenvalue weighted by Crippen LogP contribution is 2.11. The standard InChI is InChI=1S/C23H25ClN4O2/c1-26-21(25-20-8-3-2-7-19(20)23(26)30)9-10-22(29)28-13-11-27(12-14-28)16-17-5-4-6-18(24)15-17/h2-8,15H,9-14,16H2,1H3/p+1. The predicted molar refractivity (Wildman–Crippen MR) is 118 cm³/mol. The van der Waals surface area contributed by atoms with Crippen LogP contribution in [-0.2, 0) is 24.8 Å². The number of fused-ring (bicyclic) bond motifs is 1. The molecule has 2 aromatic carbocycles. The predicted octanol–water partition coefficient (Wildman–Crippen LogP) is 1.45. The van der Waals surface area contributed by atoms with Crippen LogP contribution in [0.2, 0.25) is 5.02 Å². The number of para-hydroxylation sites is 1. The summed E-state index contributed by atoms with van der Waals surface area (Å²) in [5, 5.41) is 1.37. The molecule has 0 saturated carbocycles. The van der Waals surface area contributed by atoms with E-state index in [4.69, 9.17) is 11.6 Å². The number of carbonyl (C=O) groups excluding carboxylic acids is 1. The third kappa shape index (κ3) is 4.55. The molecule has 1 N–H and O–H groups in total. The van der Waals surface area contributed by atoms with Crippen LogP contribution in [0.1, 0.15) is 17.8 Å². The van der Waals surface area contributed by atoms with Crippen molar-refractivity contribution in [3.8, 4) is 0 Å². The average Bonchev–Trinajstić information content (AvgIpc) is 2.75. The van der Waals surface area contributed by atoms with Crippen LogP contribution in [0.15, 0.2) is 53.3 Å². The maximum Gasteiger partial charge on any atom is 0.261 e. The summed E-state index contributed by atoms with van der Waals surface area (Å²) in [6.45, 7) is 4.26. The van der Waals surface area contributed by atoms with E-state index in [1.807, 2.05) is 41.3 Å². The molecule has 0 unspecified atom stereocenters. The first-order valence-corrected chi connectivity index (χ1v) is 10.7. The first kappa shape index (κ1) is 20.6. The summed E-state index contributed by atoms with van der Waals surface area (Å²) in [4.78, 5) is 33.2. The van der Waals surface area contributed by atoms with E-state index < -0.39 is 0 Å². The average molecular weight is 426 g/mol. The Morgan fingerprint density at radius 2 is 1.90 bits per heavy atom. The van der Waals surface area contributed by atoms with Crippen LogP contribution in [0, 0.1) is 0 Å². The van der Waals surface area contributed by atoms with Gasteiger partial charge in [0, 0.05) is 30.5 Å². The first-order valence-electron chi connectivity index (χ1n) is 10.3. The van der Waals surface area contributed by atoms with Crippen LogP contribution in [0.25, 0.3) is 10.9 Å². The molecule has 7 heteroatoms. The third-order valence-corrected chi connectivity index (χ3v) is 6.04. The molecule has 1 fully saturated rings. The number of quaternary nitrogens is 1. The van der Waals surface area contributed by atoms with Crippen LogP contribution in [-0.4, -0.2) is 46.5 Å². The monoisotopic (exact) mass is 425 g/mol. The fraction of sp³-hybridized carbons (Fsp3) is 0.348. The molecule has 0 bridgehead atoms. The minimum Gasteiger partial charge on any atom is -0.331 e. The lowest BCUT2D eigenvalue weighted by Crippen LogP contribution is -3.13. The first-order chi connectivity index (χ1) is 14.5. The lowest BCUT2D eigenvalue weighted by Gasteiger charge is -2.32. The van der Waals surface area contributed by atoms with Gasteiger partial charge in [0.2, 0.25) is 5.91 Å². The number of aryl methyl sites for hydroxylation is 1. The normalized spacial score (nSPS) is 14.9. The van der Waals surface area contributed by atoms with Gasteiger partial charge in [0.15, 0.2) is 0 Å². The van der Waals surface area contributed by atoms with Crippen LogP contribution < -0.4 is 10.5 Å². The Hall–Kier alpha value is -2.70. The Morgan fingerprint density at radius 1 is 1.13 bits per heavy atom. The molecule has 4 rings (SSSR count). The molecule has 0 radical (unpaired) electrons. The number of halogens is 1. The maximum atomic E-state index is 12.7. The molecular weight excluding hydrogens is 400 g/mol. The number of amides is 1. The van der Waals surface area contributed by atoms with E-state index in [0.717, 1.165) is 37.7 Å². The van der Waals surface area contributed by atoms with Crippen molar-refractivity contribution < 1.29 is 9.69 Å². The third-order valence-electron chi connectivity index (χ3n) is 5.80. The van der Waals surface area contributed by atoms with Crippen molar-refractivity contribution in [1.82, 2.24) is 14.5 Å². The Kier molecular flexibility index (Phi) is 6.16. The van der Waals surface area contributed by atoms with Gasteiger partial charge in [0.05, 0.1) is 37.1 Å². The van der Waals surface area contributed by atoms with Gasteiger partial charge in [-0.2, -0.15) is 0 Å². The number of nitrogens with zero attached hydrogens (tertiary/aromatic N) is 3. The van der Waals surface area contributed by atoms with Crippen molar-refractivity contribution >= 4 is 28.4 Å². The van der Waals surface area contributed by atoms with Gasteiger partial charge in [0.25, 0.3) is 5.56 Å². The second-order valence-corrected chi connectivity index (χ2v) is 8.28. The van der Waals surface area contributed by atoms with Crippen molar-refractivity contribution in [1.29, 1.82) is 0 Å². The van der Waals surface area contributed by atoms with Crippen LogP contribution in [0.4, 0.5) is 0 Å². The molecule has 2 heterocycles. The van der Waals surface area contributed by atoms with E-state index in [1.165, 1.54) is 10.5 Å². The van der Waals surface area contributed by atoms with Gasteiger partial charge >= 0.3 is 0 Å². The molecule has 30 heavy (non-hydrogen) atoms. The molecule has 1 saturated heterocycles. The zero-order valence-corrected chi connectivity index (χ0v) is 17.9. The van der Waals surface area contributed by atoms with Crippen molar-refractivity contribution in [2.75, 3.05) is 26.2 Å². The Morgan fingerprint density at radius 3 is 2.67 bits per heavy atom. The van der Waals surface area contributed by atoms with Crippen molar-refractivity contribution in [3.63, 3.8) is 0 Å². The summed E-state index contributed by atoms with van der Waals surface area (Å²) < 4.78 is 1.56. The van der Waals surface area contributed by atoms with Crippen molar-refractivity contribution in [2.45, 2.75) is 19.4 Å². The van der Waals surface area contributed by atoms with E-state index in [2.05, 4.69) is 11.1 Å². The molecule has 1 aliphatic rings. The lowest BCUT2D eigenvalue weighted by atomic mass is 10.2. The van der Waals surface area contributed by atoms with Crippen molar-refractivity contribution in [2.24, 2.45) is 7.05 Å². The number of rotatable bonds is 5. The zero-order chi connectivity index (χ0) is 21.1. The van der Waals surface area contributed by atoms with Gasteiger partial charge in [-0.1, -0.05) is 35.9 Å². The van der Waals surface area contributed by atoms with Gasteiger partial charge in [-0.15, -0.1) is 0 Å². The largest absolute Gasteiger partial charge is 0.331 e. The van der Waals surface area contributed by atoms with E-state index in [0.29, 0.717) is 29.6 Å². The summed E-state index contributed by atoms with van der Waals surface area (Å²) in [5.41, 5.74) is 1.84. The molecular formula is C23H26ClN4O2+. The second-order valence-electron chi connectivity index (χ2n) is 7.85. The Balaban J connectivity index is 1.33. The molecule has 3 aromatic rings. The summed E-state index contributed by atoms with van der Waals surface area (Å²) in [6.07, 6.45) is 0.827. The number of benzene rings is 2. The minimum atomic E-state index is -0.0683. The lowest BCUT2D eigenvalue weighted by molar-refractivity contribution is -0.917. The van der Waals surface area contributed by atoms with Crippen LogP contribution >= 0.6 is 11.6 Å². The van der Waals surface area contributed by atoms with E-state index in [1.54, 1.807) is 17.7 Å². The fourth-order valence-electron chi connectivity index (χ4n) is 4.05. The SMILES string of the molecule is Cn1c(CCC(=O)N2CC[NH+](Cc3cccc(Cl)c3)CC2)nc2ccccc2c1=O. The second kappa shape index (κ2) is 8.98. The molecule has 0 spiro atoms. The number of hydrogen-bond donors (Lipinski definition) is 1. The van der Waals surface area contributed by atoms with Crippen molar-refractivity contribution in [3.05, 3.63) is 75.3 Å². The number of aromatic nitrogens is 2. The highest BCUT2D eigenvalue weighted by molar-refractivity contribution is 6.30. The number of nitrogens with one attached hydrogen (secondary N) is 1. The Bertz CT molecular complexity index is 1120. The number of hydrogen-bond acceptors (Lipinski definition) is 3. The van der Waals surface area contributed by atoms with E-state index >= 15 is 0 Å². The highest BCUT2D eigenvalue weighted by Gasteiger charge is 2.24. The zero-order valence-electron chi connectivity index (χ0n) is 17.1. The molecule has 1 aliphatic heterocycles. The molecule has 6 nitrogen and oxygen atoms in total. The number of carbonyl (C=O) groups is 1. The molecule has 1 amide bonds. The van der Waals surface area contributed by atoms with E-state index in [-0.39, 0.29) is 11.5 Å². The van der Waals surface area contributed by atoms with Gasteiger partial charge in [-0.3, -0.25) is 14.2 Å². The topological polar surface area (TPSA) is 59.6 Å². The minimum absolute atomic E-state index is 0.0683. The number of piperazine rings is 1. The molecule has 0 atom stereocenters. The van der Waals surface area contributed by atoms with Gasteiger partial charge in [0.1, 0.15) is 12.4 Å². The quantitative estimate of drug-likeness (QED) is 0.673. The molecule has 156 valence electrons. The summed E-state index contributed by atoms with van der Waals surface area (Å²) >= 11 is 6.08. The molecule has 0 aliphatic carbocycles. The van der Waals surface area contributed by atoms with Gasteiger partial charge in [-0.05, 0) is 24.3 Å². The summed E-state index contributed by atoms with van der Waals surface area (Å²) in [5.74, 6) is 0.775. The van der Waals surface area contributed by atoms with Gasteiger partial charge in [-0.25, -0.2) is 4.98 Å². The molecule has 1 aromatic heterocycles. The fourth-order valence-corrected chi connectivity index (χ4v) is 4.26. The van der Waals surface area contributed by atoms with E-state index in [9.17, 15) is 9.59 Å². The Labute approximate surface area is 180 Å². The smallest absolute Gasteiger partial charge is 0.261 e.